The Morgan fingerprint density at radius 1 is 1.29 bits per heavy atom. The number of rotatable bonds is 3. The molecule has 0 spiro atoms. The van der Waals surface area contributed by atoms with E-state index in [1.165, 1.54) is 0 Å². The van der Waals surface area contributed by atoms with E-state index >= 15 is 0 Å². The maximum absolute atomic E-state index is 6.09. The molecule has 110 valence electrons. The van der Waals surface area contributed by atoms with Crippen LogP contribution in [0.25, 0.3) is 16.9 Å². The lowest BCUT2D eigenvalue weighted by molar-refractivity contribution is 0.414. The van der Waals surface area contributed by atoms with E-state index in [1.54, 1.807) is 7.11 Å². The summed E-state index contributed by atoms with van der Waals surface area (Å²) in [4.78, 5) is 4.63. The molecule has 0 saturated carbocycles. The zero-order valence-electron chi connectivity index (χ0n) is 12.5. The smallest absolute Gasteiger partial charge is 0.163 e. The largest absolute Gasteiger partial charge is 0.497 e. The minimum absolute atomic E-state index is 0.347. The molecule has 6 heteroatoms. The monoisotopic (exact) mass is 304 g/mol. The molecule has 3 rings (SSSR count). The summed E-state index contributed by atoms with van der Waals surface area (Å²) in [6.07, 6.45) is 0. The number of aryl methyl sites for hydroxylation is 3. The minimum Gasteiger partial charge on any atom is -0.497 e. The lowest BCUT2D eigenvalue weighted by Crippen LogP contribution is -2.06. The van der Waals surface area contributed by atoms with Crippen molar-refractivity contribution in [3.05, 3.63) is 35.3 Å². The fourth-order valence-electron chi connectivity index (χ4n) is 2.67. The van der Waals surface area contributed by atoms with Crippen LogP contribution < -0.4 is 4.74 Å². The van der Waals surface area contributed by atoms with Crippen LogP contribution in [0.4, 0.5) is 0 Å². The quantitative estimate of drug-likeness (QED) is 0.698. The average Bonchev–Trinajstić information content (AvgIpc) is 2.97. The van der Waals surface area contributed by atoms with E-state index in [4.69, 9.17) is 16.3 Å². The second kappa shape index (κ2) is 5.07. The average molecular weight is 305 g/mol. The summed E-state index contributed by atoms with van der Waals surface area (Å²) >= 11 is 6.09. The van der Waals surface area contributed by atoms with Crippen LogP contribution in [0.5, 0.6) is 5.75 Å². The number of aromatic nitrogens is 4. The van der Waals surface area contributed by atoms with Crippen molar-refractivity contribution in [1.29, 1.82) is 0 Å². The summed E-state index contributed by atoms with van der Waals surface area (Å²) in [7, 11) is 3.59. The van der Waals surface area contributed by atoms with Gasteiger partial charge in [-0.1, -0.05) is 0 Å². The van der Waals surface area contributed by atoms with Crippen LogP contribution in [0.1, 0.15) is 17.1 Å². The number of ether oxygens (including phenoxy) is 1. The van der Waals surface area contributed by atoms with Gasteiger partial charge in [-0.05, 0) is 37.6 Å². The van der Waals surface area contributed by atoms with Crippen LogP contribution in [0, 0.1) is 13.8 Å². The Labute approximate surface area is 128 Å². The zero-order valence-corrected chi connectivity index (χ0v) is 13.3. The Kier molecular flexibility index (Phi) is 3.37. The fraction of sp³-hybridized carbons (Fsp3) is 0.333. The van der Waals surface area contributed by atoms with Crippen LogP contribution >= 0.6 is 11.6 Å². The van der Waals surface area contributed by atoms with Gasteiger partial charge >= 0.3 is 0 Å². The predicted molar refractivity (Wildman–Crippen MR) is 83.4 cm³/mol. The molecular formula is C15H17ClN4O. The molecule has 0 fully saturated rings. The first-order chi connectivity index (χ1) is 10.1. The SMILES string of the molecule is COc1ccc(-n2c(CCl)nc3c(C)nn(C)c32)c(C)c1. The molecule has 0 aliphatic heterocycles. The van der Waals surface area contributed by atoms with Gasteiger partial charge < -0.3 is 4.74 Å². The topological polar surface area (TPSA) is 44.9 Å². The van der Waals surface area contributed by atoms with Gasteiger partial charge in [0.15, 0.2) is 5.65 Å². The van der Waals surface area contributed by atoms with Crippen molar-refractivity contribution in [1.82, 2.24) is 19.3 Å². The van der Waals surface area contributed by atoms with Gasteiger partial charge in [0, 0.05) is 7.05 Å². The van der Waals surface area contributed by atoms with E-state index < -0.39 is 0 Å². The summed E-state index contributed by atoms with van der Waals surface area (Å²) in [5, 5.41) is 4.44. The highest BCUT2D eigenvalue weighted by molar-refractivity contribution is 6.17. The second-order valence-corrected chi connectivity index (χ2v) is 5.30. The summed E-state index contributed by atoms with van der Waals surface area (Å²) < 4.78 is 9.18. The van der Waals surface area contributed by atoms with Gasteiger partial charge in [0.05, 0.1) is 24.4 Å². The summed E-state index contributed by atoms with van der Waals surface area (Å²) in [6.45, 7) is 4.00. The number of halogens is 1. The summed E-state index contributed by atoms with van der Waals surface area (Å²) in [5.41, 5.74) is 4.89. The molecule has 3 aromatic rings. The highest BCUT2D eigenvalue weighted by Crippen LogP contribution is 2.28. The molecule has 0 atom stereocenters. The molecule has 2 heterocycles. The fourth-order valence-corrected chi connectivity index (χ4v) is 2.85. The molecular weight excluding hydrogens is 288 g/mol. The van der Waals surface area contributed by atoms with Gasteiger partial charge in [-0.3, -0.25) is 4.57 Å². The van der Waals surface area contributed by atoms with E-state index in [2.05, 4.69) is 14.6 Å². The normalized spacial score (nSPS) is 11.3. The number of alkyl halides is 1. The van der Waals surface area contributed by atoms with Gasteiger partial charge in [-0.2, -0.15) is 5.10 Å². The third kappa shape index (κ3) is 2.08. The Bertz CT molecular complexity index is 819. The van der Waals surface area contributed by atoms with Crippen molar-refractivity contribution in [3.63, 3.8) is 0 Å². The molecule has 5 nitrogen and oxygen atoms in total. The van der Waals surface area contributed by atoms with Crippen LogP contribution in [-0.4, -0.2) is 26.4 Å². The van der Waals surface area contributed by atoms with Crippen molar-refractivity contribution in [3.8, 4) is 11.4 Å². The third-order valence-corrected chi connectivity index (χ3v) is 3.88. The number of fused-ring (bicyclic) bond motifs is 1. The summed E-state index contributed by atoms with van der Waals surface area (Å²) in [6, 6.07) is 5.96. The van der Waals surface area contributed by atoms with E-state index in [0.717, 1.165) is 39.7 Å². The molecule has 0 aliphatic carbocycles. The highest BCUT2D eigenvalue weighted by atomic mass is 35.5. The van der Waals surface area contributed by atoms with Gasteiger partial charge in [0.25, 0.3) is 0 Å². The lowest BCUT2D eigenvalue weighted by Gasteiger charge is -2.12. The number of hydrogen-bond donors (Lipinski definition) is 0. The summed E-state index contributed by atoms with van der Waals surface area (Å²) in [5.74, 6) is 2.00. The van der Waals surface area contributed by atoms with Crippen molar-refractivity contribution >= 4 is 22.8 Å². The van der Waals surface area contributed by atoms with E-state index in [0.29, 0.717) is 5.88 Å². The first-order valence-corrected chi connectivity index (χ1v) is 7.22. The van der Waals surface area contributed by atoms with Crippen molar-refractivity contribution < 1.29 is 4.74 Å². The maximum atomic E-state index is 6.09. The molecule has 0 amide bonds. The van der Waals surface area contributed by atoms with Gasteiger partial charge in [-0.25, -0.2) is 9.67 Å². The van der Waals surface area contributed by atoms with Crippen molar-refractivity contribution in [2.45, 2.75) is 19.7 Å². The first kappa shape index (κ1) is 13.9. The van der Waals surface area contributed by atoms with Crippen LogP contribution in [-0.2, 0) is 12.9 Å². The Morgan fingerprint density at radius 2 is 2.05 bits per heavy atom. The van der Waals surface area contributed by atoms with E-state index in [9.17, 15) is 0 Å². The lowest BCUT2D eigenvalue weighted by atomic mass is 10.2. The van der Waals surface area contributed by atoms with Gasteiger partial charge in [0.2, 0.25) is 0 Å². The molecule has 0 unspecified atom stereocenters. The zero-order chi connectivity index (χ0) is 15.1. The highest BCUT2D eigenvalue weighted by Gasteiger charge is 2.19. The predicted octanol–water partition coefficient (Wildman–Crippen LogP) is 3.12. The standard InChI is InChI=1S/C15H17ClN4O/c1-9-7-11(21-4)5-6-12(9)20-13(8-16)17-14-10(2)18-19(3)15(14)20/h5-7H,8H2,1-4H3. The molecule has 0 aliphatic rings. The number of nitrogens with zero attached hydrogens (tertiary/aromatic N) is 4. The number of methoxy groups -OCH3 is 1. The maximum Gasteiger partial charge on any atom is 0.163 e. The molecule has 0 radical (unpaired) electrons. The molecule has 0 bridgehead atoms. The van der Waals surface area contributed by atoms with Crippen molar-refractivity contribution in [2.24, 2.45) is 7.05 Å². The van der Waals surface area contributed by atoms with E-state index in [-0.39, 0.29) is 0 Å². The molecule has 0 N–H and O–H groups in total. The Hall–Kier alpha value is -2.01. The van der Waals surface area contributed by atoms with Gasteiger partial charge in [0.1, 0.15) is 17.1 Å². The minimum atomic E-state index is 0.347. The van der Waals surface area contributed by atoms with Crippen molar-refractivity contribution in [2.75, 3.05) is 7.11 Å². The third-order valence-electron chi connectivity index (χ3n) is 3.64. The molecule has 1 aromatic carbocycles. The number of benzene rings is 1. The number of imidazole rings is 1. The van der Waals surface area contributed by atoms with Crippen LogP contribution in [0.3, 0.4) is 0 Å². The van der Waals surface area contributed by atoms with Gasteiger partial charge in [-0.15, -0.1) is 11.6 Å². The van der Waals surface area contributed by atoms with Crippen LogP contribution in [0.15, 0.2) is 18.2 Å². The molecule has 21 heavy (non-hydrogen) atoms. The number of hydrogen-bond acceptors (Lipinski definition) is 3. The molecule has 0 saturated heterocycles. The molecule has 2 aromatic heterocycles. The first-order valence-electron chi connectivity index (χ1n) is 6.68. The second-order valence-electron chi connectivity index (χ2n) is 5.03. The van der Waals surface area contributed by atoms with Crippen LogP contribution in [0.2, 0.25) is 0 Å². The Balaban J connectivity index is 2.33. The Morgan fingerprint density at radius 3 is 2.67 bits per heavy atom. The van der Waals surface area contributed by atoms with E-state index in [1.807, 2.05) is 43.8 Å².